The van der Waals surface area contributed by atoms with E-state index in [-0.39, 0.29) is 0 Å². The van der Waals surface area contributed by atoms with Crippen LogP contribution in [0.1, 0.15) is 19.3 Å². The van der Waals surface area contributed by atoms with Crippen molar-refractivity contribution in [3.63, 3.8) is 0 Å². The van der Waals surface area contributed by atoms with Gasteiger partial charge in [0.2, 0.25) is 0 Å². The molecule has 0 nitrogen and oxygen atoms in total. The molecular formula is C9H10. The lowest BCUT2D eigenvalue weighted by atomic mass is 10.2. The highest BCUT2D eigenvalue weighted by Gasteiger charge is 1.75. The van der Waals surface area contributed by atoms with Gasteiger partial charge in [-0.3, -0.25) is 0 Å². The van der Waals surface area contributed by atoms with Crippen LogP contribution in [-0.4, -0.2) is 0 Å². The van der Waals surface area contributed by atoms with Gasteiger partial charge in [0.15, 0.2) is 0 Å². The van der Waals surface area contributed by atoms with Gasteiger partial charge < -0.3 is 0 Å². The van der Waals surface area contributed by atoms with Crippen molar-refractivity contribution in [1.29, 1.82) is 0 Å². The zero-order valence-corrected chi connectivity index (χ0v) is 5.48. The van der Waals surface area contributed by atoms with E-state index in [0.717, 1.165) is 19.3 Å². The predicted molar refractivity (Wildman–Crippen MR) is 40.7 cm³/mol. The molecule has 0 amide bonds. The first kappa shape index (κ1) is 7.86. The van der Waals surface area contributed by atoms with E-state index >= 15 is 0 Å². The molecule has 9 heavy (non-hydrogen) atoms. The Morgan fingerprint density at radius 2 is 2.22 bits per heavy atom. The van der Waals surface area contributed by atoms with Crippen molar-refractivity contribution in [2.75, 3.05) is 0 Å². The largest absolute Gasteiger partial charge is 0.120 e. The molecule has 0 unspecified atom stereocenters. The van der Waals surface area contributed by atoms with Crippen LogP contribution < -0.4 is 0 Å². The minimum Gasteiger partial charge on any atom is -0.120 e. The van der Waals surface area contributed by atoms with Crippen molar-refractivity contribution < 1.29 is 0 Å². The van der Waals surface area contributed by atoms with Gasteiger partial charge in [-0.15, -0.1) is 12.3 Å². The van der Waals surface area contributed by atoms with Crippen LogP contribution in [0.5, 0.6) is 0 Å². The van der Waals surface area contributed by atoms with Crippen LogP contribution in [0.25, 0.3) is 0 Å². The highest BCUT2D eigenvalue weighted by Crippen LogP contribution is 1.89. The van der Waals surface area contributed by atoms with Crippen LogP contribution in [0, 0.1) is 24.2 Å². The minimum absolute atomic E-state index is 0.825. The first-order valence-electron chi connectivity index (χ1n) is 2.94. The van der Waals surface area contributed by atoms with Crippen LogP contribution in [0.15, 0.2) is 12.7 Å². The number of unbranched alkanes of at least 4 members (excludes halogenated alkanes) is 2. The molecule has 0 N–H and O–H groups in total. The van der Waals surface area contributed by atoms with Gasteiger partial charge in [-0.1, -0.05) is 18.4 Å². The zero-order chi connectivity index (χ0) is 6.95. The van der Waals surface area contributed by atoms with Crippen LogP contribution in [0.2, 0.25) is 0 Å². The second-order valence-corrected chi connectivity index (χ2v) is 1.58. The average Bonchev–Trinajstić information content (AvgIpc) is 1.89. The quantitative estimate of drug-likeness (QED) is 0.384. The van der Waals surface area contributed by atoms with E-state index in [2.05, 4.69) is 24.3 Å². The number of allylic oxidation sites excluding steroid dienone is 1. The van der Waals surface area contributed by atoms with E-state index in [1.54, 1.807) is 6.08 Å². The summed E-state index contributed by atoms with van der Waals surface area (Å²) in [6.07, 6.45) is 9.33. The summed E-state index contributed by atoms with van der Waals surface area (Å²) < 4.78 is 0. The first-order chi connectivity index (χ1) is 4.41. The summed E-state index contributed by atoms with van der Waals surface area (Å²) in [6, 6.07) is 0. The van der Waals surface area contributed by atoms with Crippen molar-refractivity contribution >= 4 is 0 Å². The Morgan fingerprint density at radius 1 is 1.44 bits per heavy atom. The molecule has 0 aliphatic rings. The fourth-order valence-corrected chi connectivity index (χ4v) is 0.423. The van der Waals surface area contributed by atoms with E-state index in [1.807, 2.05) is 0 Å². The smallest absolute Gasteiger partial charge is 0.0101 e. The lowest BCUT2D eigenvalue weighted by molar-refractivity contribution is 0.904. The summed E-state index contributed by atoms with van der Waals surface area (Å²) in [4.78, 5) is 0. The van der Waals surface area contributed by atoms with Crippen molar-refractivity contribution in [2.24, 2.45) is 0 Å². The fourth-order valence-electron chi connectivity index (χ4n) is 0.423. The van der Waals surface area contributed by atoms with Gasteiger partial charge in [-0.05, 0) is 12.5 Å². The fraction of sp³-hybridized carbons (Fsp3) is 0.333. The molecular weight excluding hydrogens is 108 g/mol. The Balaban J connectivity index is 3.11. The second kappa shape index (κ2) is 6.86. The maximum Gasteiger partial charge on any atom is 0.0101 e. The van der Waals surface area contributed by atoms with Gasteiger partial charge in [0.1, 0.15) is 0 Å². The van der Waals surface area contributed by atoms with Crippen molar-refractivity contribution in [3.05, 3.63) is 12.7 Å². The van der Waals surface area contributed by atoms with Gasteiger partial charge in [0, 0.05) is 12.8 Å². The zero-order valence-electron chi connectivity index (χ0n) is 5.48. The number of rotatable bonds is 2. The molecule has 0 aliphatic heterocycles. The molecule has 0 bridgehead atoms. The molecule has 0 aromatic heterocycles. The maximum atomic E-state index is 5.02. The molecule has 0 spiro atoms. The Morgan fingerprint density at radius 3 is 2.78 bits per heavy atom. The normalized spacial score (nSPS) is 6.56. The summed E-state index contributed by atoms with van der Waals surface area (Å²) >= 11 is 0. The number of terminal acetylenes is 1. The SMILES string of the molecule is C#CCCCC#CC=C. The molecule has 0 atom stereocenters. The molecule has 0 aliphatic carbocycles. The van der Waals surface area contributed by atoms with Gasteiger partial charge in [0.25, 0.3) is 0 Å². The third kappa shape index (κ3) is 6.86. The number of hydrogen-bond donors (Lipinski definition) is 0. The first-order valence-corrected chi connectivity index (χ1v) is 2.94. The summed E-state index contributed by atoms with van der Waals surface area (Å²) in [5, 5.41) is 0. The molecule has 0 heterocycles. The monoisotopic (exact) mass is 118 g/mol. The van der Waals surface area contributed by atoms with E-state index in [1.165, 1.54) is 0 Å². The van der Waals surface area contributed by atoms with Crippen molar-refractivity contribution in [1.82, 2.24) is 0 Å². The maximum absolute atomic E-state index is 5.02. The third-order valence-electron chi connectivity index (χ3n) is 0.827. The highest BCUT2D eigenvalue weighted by molar-refractivity contribution is 5.11. The highest BCUT2D eigenvalue weighted by atomic mass is 13.8. The predicted octanol–water partition coefficient (Wildman–Crippen LogP) is 1.98. The average molecular weight is 118 g/mol. The molecule has 46 valence electrons. The molecule has 0 heteroatoms. The second-order valence-electron chi connectivity index (χ2n) is 1.58. The van der Waals surface area contributed by atoms with Crippen LogP contribution in [0.4, 0.5) is 0 Å². The summed E-state index contributed by atoms with van der Waals surface area (Å²) in [6.45, 7) is 3.46. The van der Waals surface area contributed by atoms with E-state index in [4.69, 9.17) is 6.42 Å². The molecule has 0 aromatic rings. The van der Waals surface area contributed by atoms with E-state index < -0.39 is 0 Å². The molecule has 0 radical (unpaired) electrons. The third-order valence-corrected chi connectivity index (χ3v) is 0.827. The molecule has 0 rings (SSSR count). The summed E-state index contributed by atoms with van der Waals surface area (Å²) in [7, 11) is 0. The van der Waals surface area contributed by atoms with E-state index in [0.29, 0.717) is 0 Å². The number of hydrogen-bond acceptors (Lipinski definition) is 0. The van der Waals surface area contributed by atoms with Crippen molar-refractivity contribution in [3.8, 4) is 24.2 Å². The molecule has 0 aromatic carbocycles. The van der Waals surface area contributed by atoms with E-state index in [9.17, 15) is 0 Å². The minimum atomic E-state index is 0.825. The Labute approximate surface area is 57.0 Å². The Hall–Kier alpha value is -1.14. The lowest BCUT2D eigenvalue weighted by Gasteiger charge is -1.81. The van der Waals surface area contributed by atoms with Gasteiger partial charge in [-0.25, -0.2) is 0 Å². The molecule has 0 fully saturated rings. The summed E-state index contributed by atoms with van der Waals surface area (Å²) in [5.41, 5.74) is 0. The van der Waals surface area contributed by atoms with Crippen molar-refractivity contribution in [2.45, 2.75) is 19.3 Å². The van der Waals surface area contributed by atoms with Gasteiger partial charge in [-0.2, -0.15) is 0 Å². The van der Waals surface area contributed by atoms with Gasteiger partial charge in [0.05, 0.1) is 0 Å². The van der Waals surface area contributed by atoms with Crippen LogP contribution >= 0.6 is 0 Å². The van der Waals surface area contributed by atoms with Crippen LogP contribution in [-0.2, 0) is 0 Å². The lowest BCUT2D eigenvalue weighted by Crippen LogP contribution is -1.67. The van der Waals surface area contributed by atoms with Crippen LogP contribution in [0.3, 0.4) is 0 Å². The Bertz CT molecular complexity index is 159. The summed E-state index contributed by atoms with van der Waals surface area (Å²) in [5.74, 6) is 8.21. The molecule has 0 saturated carbocycles. The molecule has 0 saturated heterocycles. The van der Waals surface area contributed by atoms with Gasteiger partial charge >= 0.3 is 0 Å². The topological polar surface area (TPSA) is 0 Å². The standard InChI is InChI=1S/C9H10/c1-3-5-7-9-8-6-4-2/h1,4H,2,5,7,9H2. The Kier molecular flexibility index (Phi) is 5.99.